The summed E-state index contributed by atoms with van der Waals surface area (Å²) in [5.41, 5.74) is -0.938. The molecule has 1 saturated heterocycles. The zero-order valence-corrected chi connectivity index (χ0v) is 16.9. The fraction of sp³-hybridized carbons (Fsp3) is 0.364. The largest absolute Gasteiger partial charge is 0.493 e. The quantitative estimate of drug-likeness (QED) is 0.540. The predicted octanol–water partition coefficient (Wildman–Crippen LogP) is 4.28. The molecule has 2 aromatic carbocycles. The third-order valence-electron chi connectivity index (χ3n) is 4.08. The van der Waals surface area contributed by atoms with Crippen molar-refractivity contribution in [2.75, 3.05) is 51.8 Å². The number of aromatic nitrogens is 2. The third kappa shape index (κ3) is 5.33. The molecule has 1 N–H and O–H groups in total. The molecule has 9 heteroatoms. The first kappa shape index (κ1) is 11.3. The maximum atomic E-state index is 14.2. The first-order chi connectivity index (χ1) is 19.9. The van der Waals surface area contributed by atoms with E-state index in [0.717, 1.165) is 12.0 Å². The average Bonchev–Trinajstić information content (AvgIpc) is 2.96. The minimum Gasteiger partial charge on any atom is -0.493 e. The van der Waals surface area contributed by atoms with E-state index in [1.165, 1.54) is 0 Å². The number of hydrogen-bond acceptors (Lipinski definition) is 7. The van der Waals surface area contributed by atoms with Crippen molar-refractivity contribution in [3.05, 3.63) is 47.4 Å². The molecule has 7 nitrogen and oxygen atoms in total. The Bertz CT molecular complexity index is 1560. The van der Waals surface area contributed by atoms with E-state index in [1.54, 1.807) is 0 Å². The molecule has 164 valence electrons. The topological polar surface area (TPSA) is 68.7 Å². The lowest BCUT2D eigenvalue weighted by molar-refractivity contribution is 0.0357. The lowest BCUT2D eigenvalue weighted by Gasteiger charge is -2.26. The van der Waals surface area contributed by atoms with E-state index < -0.39 is 101 Å². The predicted molar refractivity (Wildman–Crippen MR) is 118 cm³/mol. The molecule has 0 spiro atoms. The van der Waals surface area contributed by atoms with Gasteiger partial charge >= 0.3 is 0 Å². The molecule has 0 amide bonds. The number of morpholine rings is 1. The van der Waals surface area contributed by atoms with Crippen LogP contribution in [0, 0.1) is 5.82 Å². The summed E-state index contributed by atoms with van der Waals surface area (Å²) in [6.45, 7) is -6.31. The van der Waals surface area contributed by atoms with Crippen LogP contribution in [0.3, 0.4) is 0 Å². The number of methoxy groups -OCH3 is 1. The Balaban J connectivity index is 1.90. The van der Waals surface area contributed by atoms with Gasteiger partial charge in [-0.15, -0.1) is 0 Å². The highest BCUT2D eigenvalue weighted by molar-refractivity contribution is 6.31. The van der Waals surface area contributed by atoms with E-state index in [1.807, 2.05) is 0 Å². The standard InChI is InChI=1S/C22H24ClFN4O3/c1-29-20-13-19-16(12-21(20)31-8-2-5-28-6-9-30-10-7-28)22(26-14-25-19)27-15-3-4-18(24)17(23)11-15/h3-4,11-14H,2,5-10H2,1H3,(H,25,26,27)/i2D2,3D,4D,5D2,8D2,11D,12D,13D,14D. The van der Waals surface area contributed by atoms with Gasteiger partial charge in [0.2, 0.25) is 0 Å². The Morgan fingerprint density at radius 2 is 2.10 bits per heavy atom. The van der Waals surface area contributed by atoms with Crippen molar-refractivity contribution in [1.29, 1.82) is 0 Å². The zero-order chi connectivity index (χ0) is 32.2. The van der Waals surface area contributed by atoms with Crippen molar-refractivity contribution in [2.24, 2.45) is 0 Å². The van der Waals surface area contributed by atoms with Gasteiger partial charge in [-0.25, -0.2) is 14.4 Å². The monoisotopic (exact) mass is 458 g/mol. The highest BCUT2D eigenvalue weighted by Crippen LogP contribution is 2.35. The zero-order valence-electron chi connectivity index (χ0n) is 28.2. The number of ether oxygens (including phenoxy) is 3. The maximum Gasteiger partial charge on any atom is 0.162 e. The summed E-state index contributed by atoms with van der Waals surface area (Å²) in [5, 5.41) is 1.23. The van der Waals surface area contributed by atoms with E-state index in [2.05, 4.69) is 15.3 Å². The van der Waals surface area contributed by atoms with E-state index in [9.17, 15) is 4.39 Å². The van der Waals surface area contributed by atoms with Gasteiger partial charge in [-0.2, -0.15) is 0 Å². The smallest absolute Gasteiger partial charge is 0.162 e. The molecule has 0 bridgehead atoms. The van der Waals surface area contributed by atoms with E-state index in [-0.39, 0.29) is 26.3 Å². The Morgan fingerprint density at radius 1 is 1.26 bits per heavy atom. The Kier molecular flexibility index (Phi) is 3.66. The second-order valence-electron chi connectivity index (χ2n) is 6.05. The van der Waals surface area contributed by atoms with Crippen LogP contribution in [0.5, 0.6) is 11.5 Å². The number of nitrogens with zero attached hydrogens (tertiary/aromatic N) is 3. The lowest BCUT2D eigenvalue weighted by Crippen LogP contribution is -2.37. The van der Waals surface area contributed by atoms with E-state index in [4.69, 9.17) is 42.3 Å². The van der Waals surface area contributed by atoms with Crippen molar-refractivity contribution in [2.45, 2.75) is 6.37 Å². The van der Waals surface area contributed by atoms with Gasteiger partial charge in [0.15, 0.2) is 11.5 Å². The van der Waals surface area contributed by atoms with Crippen LogP contribution in [0.1, 0.15) is 22.8 Å². The van der Waals surface area contributed by atoms with Crippen molar-refractivity contribution in [3.63, 3.8) is 0 Å². The second kappa shape index (κ2) is 10.1. The van der Waals surface area contributed by atoms with Crippen molar-refractivity contribution >= 4 is 34.0 Å². The second-order valence-corrected chi connectivity index (χ2v) is 6.43. The van der Waals surface area contributed by atoms with Gasteiger partial charge in [0, 0.05) is 42.2 Å². The highest BCUT2D eigenvalue weighted by atomic mass is 35.5. The van der Waals surface area contributed by atoms with Gasteiger partial charge < -0.3 is 19.5 Å². The van der Waals surface area contributed by atoms with Crippen molar-refractivity contribution in [1.82, 2.24) is 14.9 Å². The van der Waals surface area contributed by atoms with E-state index >= 15 is 0 Å². The summed E-state index contributed by atoms with van der Waals surface area (Å²) in [6.07, 6.45) is -4.09. The molecule has 0 aliphatic carbocycles. The maximum absolute atomic E-state index is 14.2. The Labute approximate surface area is 202 Å². The molecule has 0 atom stereocenters. The van der Waals surface area contributed by atoms with Crippen LogP contribution in [0.25, 0.3) is 10.9 Å². The van der Waals surface area contributed by atoms with Crippen molar-refractivity contribution < 1.29 is 35.1 Å². The summed E-state index contributed by atoms with van der Waals surface area (Å²) in [4.78, 5) is 8.73. The first-order valence-corrected chi connectivity index (χ1v) is 9.35. The minimum atomic E-state index is -3.49. The molecule has 0 saturated carbocycles. The number of fused-ring (bicyclic) bond motifs is 1. The molecular formula is C22H24ClFN4O3. The van der Waals surface area contributed by atoms with Crippen LogP contribution in [-0.4, -0.2) is 61.3 Å². The van der Waals surface area contributed by atoms with Gasteiger partial charge in [0.25, 0.3) is 0 Å². The Hall–Kier alpha value is -2.68. The molecule has 3 aromatic rings. The average molecular weight is 459 g/mol. The summed E-state index contributed by atoms with van der Waals surface area (Å²) >= 11 is 5.81. The molecule has 1 aromatic heterocycles. The Morgan fingerprint density at radius 3 is 2.90 bits per heavy atom. The van der Waals surface area contributed by atoms with Crippen LogP contribution in [0.4, 0.5) is 15.9 Å². The van der Waals surface area contributed by atoms with Gasteiger partial charge in [-0.3, -0.25) is 4.90 Å². The molecule has 0 unspecified atom stereocenters. The minimum absolute atomic E-state index is 0.0340. The molecule has 1 fully saturated rings. The fourth-order valence-corrected chi connectivity index (χ4v) is 2.74. The van der Waals surface area contributed by atoms with Gasteiger partial charge in [-0.05, 0) is 30.5 Å². The molecule has 1 aliphatic rings. The van der Waals surface area contributed by atoms with Crippen LogP contribution >= 0.6 is 11.6 Å². The SMILES string of the molecule is [2H]c1nc(Nc2c([2H])c([2H])c(F)c(Cl)c2[2H])c2c([2H])c(OC([2H])([2H])C([2H])([2H])C([2H])([2H])N3CCOCC3)c(OC)c([2H])c2n1. The van der Waals surface area contributed by atoms with Crippen molar-refractivity contribution in [3.8, 4) is 11.5 Å². The van der Waals surface area contributed by atoms with Crippen LogP contribution in [0.2, 0.25) is 5.02 Å². The van der Waals surface area contributed by atoms with Gasteiger partial charge in [0.05, 0.1) is 47.0 Å². The number of rotatable bonds is 8. The van der Waals surface area contributed by atoms with Gasteiger partial charge in [0.1, 0.15) is 19.3 Å². The summed E-state index contributed by atoms with van der Waals surface area (Å²) in [6, 6.07) is -3.98. The summed E-state index contributed by atoms with van der Waals surface area (Å²) in [7, 11) is 1.06. The molecule has 0 radical (unpaired) electrons. The van der Waals surface area contributed by atoms with Crippen LogP contribution in [0.15, 0.2) is 36.5 Å². The summed E-state index contributed by atoms with van der Waals surface area (Å²) < 4.78 is 130. The first-order valence-electron chi connectivity index (χ1n) is 15.0. The third-order valence-corrected chi connectivity index (χ3v) is 4.34. The number of halogens is 2. The summed E-state index contributed by atoms with van der Waals surface area (Å²) in [5.74, 6) is -3.25. The number of hydrogen-bond donors (Lipinski definition) is 1. The molecular weight excluding hydrogens is 423 g/mol. The number of nitrogens with one attached hydrogen (secondary N) is 1. The lowest BCUT2D eigenvalue weighted by atomic mass is 10.2. The molecule has 4 rings (SSSR count). The highest BCUT2D eigenvalue weighted by Gasteiger charge is 2.14. The van der Waals surface area contributed by atoms with Crippen LogP contribution < -0.4 is 14.8 Å². The molecule has 31 heavy (non-hydrogen) atoms. The van der Waals surface area contributed by atoms with Crippen LogP contribution in [-0.2, 0) is 4.74 Å². The number of anilines is 2. The molecule has 2 heterocycles. The normalized spacial score (nSPS) is 21.5. The molecule has 1 aliphatic heterocycles. The van der Waals surface area contributed by atoms with Gasteiger partial charge in [-0.1, -0.05) is 11.6 Å². The van der Waals surface area contributed by atoms with E-state index in [0.29, 0.717) is 0 Å². The number of benzene rings is 2. The fourth-order valence-electron chi connectivity index (χ4n) is 2.60.